The predicted octanol–water partition coefficient (Wildman–Crippen LogP) is 2.25. The number of carboxylic acid groups (broad SMARTS) is 1. The molecule has 0 radical (unpaired) electrons. The highest BCUT2D eigenvalue weighted by Gasteiger charge is 2.36. The number of hydrogen-bond donors (Lipinski definition) is 1. The molecule has 0 saturated carbocycles. The van der Waals surface area contributed by atoms with Crippen molar-refractivity contribution < 1.29 is 9.90 Å². The smallest absolute Gasteiger partial charge is 0.303 e. The molecule has 0 bridgehead atoms. The number of nitriles is 1. The summed E-state index contributed by atoms with van der Waals surface area (Å²) < 4.78 is 0. The molecule has 1 heterocycles. The first-order valence-corrected chi connectivity index (χ1v) is 6.00. The SMILES string of the molecule is CC1(CC(=O)O)CCN(c2ccccc2C#N)C1. The molecule has 18 heavy (non-hydrogen) atoms. The monoisotopic (exact) mass is 244 g/mol. The summed E-state index contributed by atoms with van der Waals surface area (Å²) in [6.45, 7) is 3.50. The number of carbonyl (C=O) groups is 1. The van der Waals surface area contributed by atoms with E-state index in [2.05, 4.69) is 11.0 Å². The maximum Gasteiger partial charge on any atom is 0.303 e. The molecule has 1 aromatic carbocycles. The predicted molar refractivity (Wildman–Crippen MR) is 68.3 cm³/mol. The van der Waals surface area contributed by atoms with E-state index in [0.717, 1.165) is 18.7 Å². The second-order valence-corrected chi connectivity index (χ2v) is 5.18. The highest BCUT2D eigenvalue weighted by molar-refractivity contribution is 5.68. The van der Waals surface area contributed by atoms with Crippen LogP contribution in [0.4, 0.5) is 5.69 Å². The zero-order chi connectivity index (χ0) is 13.2. The van der Waals surface area contributed by atoms with Crippen LogP contribution < -0.4 is 4.90 Å². The molecule has 1 aliphatic rings. The lowest BCUT2D eigenvalue weighted by atomic mass is 9.86. The van der Waals surface area contributed by atoms with E-state index in [1.165, 1.54) is 0 Å². The lowest BCUT2D eigenvalue weighted by Gasteiger charge is -2.24. The van der Waals surface area contributed by atoms with Crippen molar-refractivity contribution in [3.8, 4) is 6.07 Å². The normalized spacial score (nSPS) is 22.8. The molecule has 1 saturated heterocycles. The Morgan fingerprint density at radius 1 is 1.56 bits per heavy atom. The highest BCUT2D eigenvalue weighted by atomic mass is 16.4. The number of hydrogen-bond acceptors (Lipinski definition) is 3. The van der Waals surface area contributed by atoms with E-state index < -0.39 is 5.97 Å². The summed E-state index contributed by atoms with van der Waals surface area (Å²) in [7, 11) is 0. The number of nitrogens with zero attached hydrogens (tertiary/aromatic N) is 2. The summed E-state index contributed by atoms with van der Waals surface area (Å²) in [4.78, 5) is 13.0. The van der Waals surface area contributed by atoms with Gasteiger partial charge >= 0.3 is 5.97 Å². The van der Waals surface area contributed by atoms with E-state index in [0.29, 0.717) is 12.1 Å². The van der Waals surface area contributed by atoms with Crippen LogP contribution in [0.2, 0.25) is 0 Å². The molecule has 2 rings (SSSR count). The zero-order valence-corrected chi connectivity index (χ0v) is 10.4. The third kappa shape index (κ3) is 2.45. The standard InChI is InChI=1S/C14H16N2O2/c1-14(8-13(17)18)6-7-16(10-14)12-5-3-2-4-11(12)9-15/h2-5H,6-8,10H2,1H3,(H,17,18). The number of rotatable bonds is 3. The third-order valence-corrected chi connectivity index (χ3v) is 3.50. The molecule has 1 atom stereocenters. The second-order valence-electron chi connectivity index (χ2n) is 5.18. The molecule has 1 fully saturated rings. The fourth-order valence-corrected chi connectivity index (χ4v) is 2.58. The fraction of sp³-hybridized carbons (Fsp3) is 0.429. The summed E-state index contributed by atoms with van der Waals surface area (Å²) in [6, 6.07) is 9.65. The van der Waals surface area contributed by atoms with Gasteiger partial charge in [-0.25, -0.2) is 0 Å². The maximum absolute atomic E-state index is 10.9. The van der Waals surface area contributed by atoms with Gasteiger partial charge in [0.05, 0.1) is 17.7 Å². The Balaban J connectivity index is 2.18. The minimum absolute atomic E-state index is 0.179. The number of para-hydroxylation sites is 1. The summed E-state index contributed by atoms with van der Waals surface area (Å²) in [5, 5.41) is 18.0. The molecule has 4 nitrogen and oxygen atoms in total. The number of carboxylic acids is 1. The van der Waals surface area contributed by atoms with E-state index in [1.807, 2.05) is 25.1 Å². The fourth-order valence-electron chi connectivity index (χ4n) is 2.58. The average Bonchev–Trinajstić information content (AvgIpc) is 2.70. The van der Waals surface area contributed by atoms with Gasteiger partial charge in [0.25, 0.3) is 0 Å². The van der Waals surface area contributed by atoms with Crippen molar-refractivity contribution >= 4 is 11.7 Å². The molecule has 1 aromatic rings. The topological polar surface area (TPSA) is 64.3 Å². The van der Waals surface area contributed by atoms with Crippen molar-refractivity contribution in [1.82, 2.24) is 0 Å². The Hall–Kier alpha value is -2.02. The maximum atomic E-state index is 10.9. The first kappa shape index (κ1) is 12.4. The van der Waals surface area contributed by atoms with Crippen LogP contribution in [0.15, 0.2) is 24.3 Å². The largest absolute Gasteiger partial charge is 0.481 e. The van der Waals surface area contributed by atoms with E-state index in [-0.39, 0.29) is 11.8 Å². The number of benzene rings is 1. The van der Waals surface area contributed by atoms with Gasteiger partial charge in [0, 0.05) is 13.1 Å². The van der Waals surface area contributed by atoms with Crippen molar-refractivity contribution in [2.75, 3.05) is 18.0 Å². The third-order valence-electron chi connectivity index (χ3n) is 3.50. The minimum atomic E-state index is -0.757. The lowest BCUT2D eigenvalue weighted by molar-refractivity contribution is -0.139. The van der Waals surface area contributed by atoms with Crippen LogP contribution in [0, 0.1) is 16.7 Å². The Kier molecular flexibility index (Phi) is 3.24. The molecule has 0 aromatic heterocycles. The molecule has 4 heteroatoms. The van der Waals surface area contributed by atoms with Gasteiger partial charge < -0.3 is 10.0 Å². The van der Waals surface area contributed by atoms with Crippen molar-refractivity contribution in [2.45, 2.75) is 19.8 Å². The van der Waals surface area contributed by atoms with Gasteiger partial charge in [0.15, 0.2) is 0 Å². The quantitative estimate of drug-likeness (QED) is 0.885. The van der Waals surface area contributed by atoms with Crippen LogP contribution in [-0.4, -0.2) is 24.2 Å². The average molecular weight is 244 g/mol. The van der Waals surface area contributed by atoms with Crippen LogP contribution in [-0.2, 0) is 4.79 Å². The Bertz CT molecular complexity index is 507. The van der Waals surface area contributed by atoms with Gasteiger partial charge in [-0.3, -0.25) is 4.79 Å². The van der Waals surface area contributed by atoms with Gasteiger partial charge in [0.2, 0.25) is 0 Å². The summed E-state index contributed by atoms with van der Waals surface area (Å²) in [5.74, 6) is -0.757. The van der Waals surface area contributed by atoms with Crippen LogP contribution >= 0.6 is 0 Å². The molecule has 94 valence electrons. The van der Waals surface area contributed by atoms with E-state index >= 15 is 0 Å². The highest BCUT2D eigenvalue weighted by Crippen LogP contribution is 2.36. The van der Waals surface area contributed by atoms with Gasteiger partial charge in [0.1, 0.15) is 6.07 Å². The van der Waals surface area contributed by atoms with Gasteiger partial charge in [-0.05, 0) is 24.0 Å². The van der Waals surface area contributed by atoms with Gasteiger partial charge in [-0.1, -0.05) is 19.1 Å². The van der Waals surface area contributed by atoms with E-state index in [9.17, 15) is 4.79 Å². The molecule has 1 aliphatic heterocycles. The van der Waals surface area contributed by atoms with Crippen molar-refractivity contribution in [2.24, 2.45) is 5.41 Å². The molecule has 0 aliphatic carbocycles. The van der Waals surface area contributed by atoms with Crippen molar-refractivity contribution in [3.05, 3.63) is 29.8 Å². The number of anilines is 1. The first-order chi connectivity index (χ1) is 8.54. The van der Waals surface area contributed by atoms with Crippen LogP contribution in [0.5, 0.6) is 0 Å². The van der Waals surface area contributed by atoms with E-state index in [4.69, 9.17) is 10.4 Å². The molecular weight excluding hydrogens is 228 g/mol. The molecule has 0 amide bonds. The van der Waals surface area contributed by atoms with Gasteiger partial charge in [-0.15, -0.1) is 0 Å². The summed E-state index contributed by atoms with van der Waals surface area (Å²) in [6.07, 6.45) is 1.03. The molecule has 1 N–H and O–H groups in total. The van der Waals surface area contributed by atoms with Gasteiger partial charge in [-0.2, -0.15) is 5.26 Å². The molecular formula is C14H16N2O2. The molecule has 1 unspecified atom stereocenters. The lowest BCUT2D eigenvalue weighted by Crippen LogP contribution is -2.27. The first-order valence-electron chi connectivity index (χ1n) is 6.00. The van der Waals surface area contributed by atoms with Crippen molar-refractivity contribution in [3.63, 3.8) is 0 Å². The van der Waals surface area contributed by atoms with Crippen molar-refractivity contribution in [1.29, 1.82) is 5.26 Å². The van der Waals surface area contributed by atoms with E-state index in [1.54, 1.807) is 6.07 Å². The molecule has 0 spiro atoms. The second kappa shape index (κ2) is 4.69. The summed E-state index contributed by atoms with van der Waals surface area (Å²) >= 11 is 0. The van der Waals surface area contributed by atoms with Crippen LogP contribution in [0.25, 0.3) is 0 Å². The van der Waals surface area contributed by atoms with Crippen LogP contribution in [0.3, 0.4) is 0 Å². The Morgan fingerprint density at radius 3 is 2.94 bits per heavy atom. The zero-order valence-electron chi connectivity index (χ0n) is 10.4. The number of aliphatic carboxylic acids is 1. The minimum Gasteiger partial charge on any atom is -0.481 e. The summed E-state index contributed by atoms with van der Waals surface area (Å²) in [5.41, 5.74) is 1.36. The Labute approximate surface area is 106 Å². The Morgan fingerprint density at radius 2 is 2.28 bits per heavy atom. The van der Waals surface area contributed by atoms with Crippen LogP contribution in [0.1, 0.15) is 25.3 Å².